The van der Waals surface area contributed by atoms with Crippen molar-refractivity contribution in [2.75, 3.05) is 0 Å². The highest BCUT2D eigenvalue weighted by Crippen LogP contribution is 2.45. The van der Waals surface area contributed by atoms with Crippen LogP contribution in [-0.2, 0) is 5.41 Å². The van der Waals surface area contributed by atoms with E-state index in [1.54, 1.807) is 0 Å². The fourth-order valence-corrected chi connectivity index (χ4v) is 5.22. The highest BCUT2D eigenvalue weighted by Gasteiger charge is 2.39. The summed E-state index contributed by atoms with van der Waals surface area (Å²) < 4.78 is 18.6. The van der Waals surface area contributed by atoms with Crippen LogP contribution in [0, 0.1) is 19.3 Å². The minimum atomic E-state index is -1.22. The van der Waals surface area contributed by atoms with Crippen molar-refractivity contribution >= 4 is 32.9 Å². The standard InChI is InChI=1S/C28H27FN2.C4H10/c1-16-10-8-12-19(17(16)2)24-18(3)31-23-15-7-6-11-20(23)21-13-9-14-22(25(21)27(31)30)28(4,5)26(24)29;1-3-4-2/h6-15,26,30H,1-5H3;3-4H2,1-2H3/b24-18-,30-27?;/t26-;/m1./s1. The molecule has 3 heteroatoms. The number of benzene rings is 3. The van der Waals surface area contributed by atoms with Gasteiger partial charge in [0.2, 0.25) is 0 Å². The Kier molecular flexibility index (Phi) is 6.73. The van der Waals surface area contributed by atoms with Gasteiger partial charge in [-0.3, -0.25) is 9.98 Å². The second kappa shape index (κ2) is 9.45. The Morgan fingerprint density at radius 3 is 2.17 bits per heavy atom. The molecule has 5 rings (SSSR count). The van der Waals surface area contributed by atoms with Crippen molar-refractivity contribution < 1.29 is 4.39 Å². The zero-order chi connectivity index (χ0) is 25.5. The van der Waals surface area contributed by atoms with E-state index in [0.717, 1.165) is 49.6 Å². The number of halogens is 1. The highest BCUT2D eigenvalue weighted by atomic mass is 19.1. The largest absolute Gasteiger partial charge is 0.298 e. The second-order valence-corrected chi connectivity index (χ2v) is 10.3. The summed E-state index contributed by atoms with van der Waals surface area (Å²) in [6.45, 7) is 14.4. The lowest BCUT2D eigenvalue weighted by Gasteiger charge is -2.36. The van der Waals surface area contributed by atoms with E-state index in [9.17, 15) is 5.41 Å². The van der Waals surface area contributed by atoms with Crippen LogP contribution in [0.2, 0.25) is 0 Å². The van der Waals surface area contributed by atoms with Crippen molar-refractivity contribution in [2.24, 2.45) is 0 Å². The molecule has 3 aromatic carbocycles. The molecule has 0 aliphatic carbocycles. The molecular formula is C32H37FN2. The first-order valence-corrected chi connectivity index (χ1v) is 12.7. The number of rotatable bonds is 2. The van der Waals surface area contributed by atoms with Gasteiger partial charge in [0.1, 0.15) is 11.7 Å². The molecule has 2 bridgehead atoms. The molecule has 0 fully saturated rings. The van der Waals surface area contributed by atoms with Gasteiger partial charge in [0.05, 0.1) is 5.52 Å². The van der Waals surface area contributed by atoms with Crippen LogP contribution in [-0.4, -0.2) is 10.7 Å². The number of fused-ring (bicyclic) bond motifs is 4. The van der Waals surface area contributed by atoms with Gasteiger partial charge in [-0.15, -0.1) is 0 Å². The maximum Gasteiger partial charge on any atom is 0.137 e. The number of nitrogens with zero attached hydrogens (tertiary/aromatic N) is 1. The number of allylic oxidation sites excluding steroid dienone is 2. The number of pyridine rings is 1. The van der Waals surface area contributed by atoms with Gasteiger partial charge in [-0.2, -0.15) is 0 Å². The first-order valence-electron chi connectivity index (χ1n) is 12.7. The molecular weight excluding hydrogens is 431 g/mol. The van der Waals surface area contributed by atoms with Crippen LogP contribution in [0.3, 0.4) is 0 Å². The van der Waals surface area contributed by atoms with Gasteiger partial charge in [-0.25, -0.2) is 4.39 Å². The van der Waals surface area contributed by atoms with Crippen molar-refractivity contribution in [1.29, 1.82) is 5.41 Å². The molecule has 2 heterocycles. The van der Waals surface area contributed by atoms with Gasteiger partial charge < -0.3 is 0 Å². The Labute approximate surface area is 208 Å². The summed E-state index contributed by atoms with van der Waals surface area (Å²) in [5.74, 6) is 0. The van der Waals surface area contributed by atoms with Gasteiger partial charge in [0, 0.05) is 27.5 Å². The fourth-order valence-electron chi connectivity index (χ4n) is 5.22. The zero-order valence-electron chi connectivity index (χ0n) is 22.1. The zero-order valence-corrected chi connectivity index (χ0v) is 22.1. The number of nitrogens with one attached hydrogen (secondary N) is 1. The molecule has 0 saturated carbocycles. The SMILES string of the molecule is C/C1=C(\c2cccc(C)c2C)[C@@H](F)C(C)(C)c2cccc3c2c(=N)n1c1ccccc31.CCCC. The topological polar surface area (TPSA) is 28.8 Å². The molecule has 1 aliphatic heterocycles. The van der Waals surface area contributed by atoms with E-state index in [4.69, 9.17) is 0 Å². The monoisotopic (exact) mass is 468 g/mol. The van der Waals surface area contributed by atoms with E-state index in [1.807, 2.05) is 67.8 Å². The van der Waals surface area contributed by atoms with Gasteiger partial charge >= 0.3 is 0 Å². The van der Waals surface area contributed by atoms with E-state index < -0.39 is 11.6 Å². The third-order valence-electron chi connectivity index (χ3n) is 7.66. The molecule has 0 radical (unpaired) electrons. The maximum atomic E-state index is 16.7. The fraction of sp³-hybridized carbons (Fsp3) is 0.344. The Morgan fingerprint density at radius 2 is 1.49 bits per heavy atom. The number of hydrogen-bond donors (Lipinski definition) is 1. The first kappa shape index (κ1) is 24.9. The number of unbranched alkanes of at least 4 members (excludes halogenated alkanes) is 1. The summed E-state index contributed by atoms with van der Waals surface area (Å²) in [5.41, 5.74) is 6.06. The minimum absolute atomic E-state index is 0.421. The molecule has 1 N–H and O–H groups in total. The molecule has 0 amide bonds. The molecule has 2 nitrogen and oxygen atoms in total. The van der Waals surface area contributed by atoms with E-state index in [2.05, 4.69) is 45.9 Å². The van der Waals surface area contributed by atoms with E-state index >= 15 is 4.39 Å². The molecule has 1 atom stereocenters. The van der Waals surface area contributed by atoms with Crippen molar-refractivity contribution in [1.82, 2.24) is 4.57 Å². The Balaban J connectivity index is 0.000000672. The van der Waals surface area contributed by atoms with E-state index in [1.165, 1.54) is 12.8 Å². The first-order chi connectivity index (χ1) is 16.7. The van der Waals surface area contributed by atoms with Crippen molar-refractivity contribution in [3.05, 3.63) is 88.4 Å². The summed E-state index contributed by atoms with van der Waals surface area (Å²) in [7, 11) is 0. The summed E-state index contributed by atoms with van der Waals surface area (Å²) in [6.07, 6.45) is 1.42. The van der Waals surface area contributed by atoms with Crippen molar-refractivity contribution in [3.8, 4) is 0 Å². The number of para-hydroxylation sites is 1. The van der Waals surface area contributed by atoms with Crippen LogP contribution >= 0.6 is 0 Å². The van der Waals surface area contributed by atoms with Gasteiger partial charge in [-0.1, -0.05) is 95.1 Å². The highest BCUT2D eigenvalue weighted by molar-refractivity contribution is 6.09. The van der Waals surface area contributed by atoms with E-state index in [0.29, 0.717) is 11.1 Å². The summed E-state index contributed by atoms with van der Waals surface area (Å²) in [6, 6.07) is 20.3. The van der Waals surface area contributed by atoms with E-state index in [-0.39, 0.29) is 0 Å². The maximum absolute atomic E-state index is 16.7. The molecule has 35 heavy (non-hydrogen) atoms. The molecule has 0 spiro atoms. The Bertz CT molecular complexity index is 1500. The van der Waals surface area contributed by atoms with Crippen LogP contribution < -0.4 is 5.49 Å². The average Bonchev–Trinajstić information content (AvgIpc) is 2.86. The van der Waals surface area contributed by atoms with Crippen LogP contribution in [0.25, 0.3) is 32.9 Å². The van der Waals surface area contributed by atoms with Crippen molar-refractivity contribution in [2.45, 2.75) is 72.9 Å². The predicted molar refractivity (Wildman–Crippen MR) is 149 cm³/mol. The number of alkyl halides is 1. The molecule has 4 aromatic rings. The summed E-state index contributed by atoms with van der Waals surface area (Å²) >= 11 is 0. The third-order valence-corrected chi connectivity index (χ3v) is 7.66. The lowest BCUT2D eigenvalue weighted by molar-refractivity contribution is 0.279. The van der Waals surface area contributed by atoms with Crippen LogP contribution in [0.5, 0.6) is 0 Å². The van der Waals surface area contributed by atoms with Gasteiger partial charge in [-0.05, 0) is 54.5 Å². The molecule has 1 aromatic heterocycles. The normalized spacial score (nSPS) is 18.8. The molecule has 0 saturated heterocycles. The Morgan fingerprint density at radius 1 is 0.857 bits per heavy atom. The molecule has 1 aliphatic rings. The van der Waals surface area contributed by atoms with Crippen molar-refractivity contribution in [3.63, 3.8) is 0 Å². The van der Waals surface area contributed by atoms with Crippen LogP contribution in [0.4, 0.5) is 4.39 Å². The number of aryl methyl sites for hydroxylation is 1. The average molecular weight is 469 g/mol. The lowest BCUT2D eigenvalue weighted by Crippen LogP contribution is -2.37. The Hall–Kier alpha value is -3.20. The quantitative estimate of drug-likeness (QED) is 0.285. The predicted octanol–water partition coefficient (Wildman–Crippen LogP) is 8.71. The third kappa shape index (κ3) is 3.91. The van der Waals surface area contributed by atoms with Crippen LogP contribution in [0.1, 0.15) is 69.7 Å². The van der Waals surface area contributed by atoms with Gasteiger partial charge in [0.25, 0.3) is 0 Å². The summed E-state index contributed by atoms with van der Waals surface area (Å²) in [5, 5.41) is 12.2. The number of hydrogen-bond acceptors (Lipinski definition) is 1. The smallest absolute Gasteiger partial charge is 0.137 e. The second-order valence-electron chi connectivity index (χ2n) is 10.3. The summed E-state index contributed by atoms with van der Waals surface area (Å²) in [4.78, 5) is 0. The number of aromatic nitrogens is 1. The molecule has 182 valence electrons. The molecule has 0 unspecified atom stereocenters. The van der Waals surface area contributed by atoms with Gasteiger partial charge in [0.15, 0.2) is 0 Å². The minimum Gasteiger partial charge on any atom is -0.298 e. The van der Waals surface area contributed by atoms with Crippen LogP contribution in [0.15, 0.2) is 60.7 Å². The lowest BCUT2D eigenvalue weighted by atomic mass is 9.72.